The fourth-order valence-corrected chi connectivity index (χ4v) is 4.69. The summed E-state index contributed by atoms with van der Waals surface area (Å²) in [6.45, 7) is 0.478. The van der Waals surface area contributed by atoms with Crippen molar-refractivity contribution < 1.29 is 14.3 Å². The Balaban J connectivity index is 1.42. The van der Waals surface area contributed by atoms with Crippen LogP contribution in [0.2, 0.25) is 5.02 Å². The highest BCUT2D eigenvalue weighted by Gasteiger charge is 2.30. The van der Waals surface area contributed by atoms with Crippen LogP contribution in [0.3, 0.4) is 0 Å². The normalized spacial score (nSPS) is 15.4. The van der Waals surface area contributed by atoms with Crippen molar-refractivity contribution in [2.45, 2.75) is 23.1 Å². The van der Waals surface area contributed by atoms with Crippen LogP contribution >= 0.6 is 23.4 Å². The molecule has 0 bridgehead atoms. The minimum absolute atomic E-state index is 0.0742. The Morgan fingerprint density at radius 1 is 1.13 bits per heavy atom. The van der Waals surface area contributed by atoms with Gasteiger partial charge in [-0.1, -0.05) is 29.8 Å². The quantitative estimate of drug-likeness (QED) is 0.609. The van der Waals surface area contributed by atoms with Crippen LogP contribution in [0.1, 0.15) is 12.0 Å². The van der Waals surface area contributed by atoms with Crippen LogP contribution < -0.4 is 10.1 Å². The van der Waals surface area contributed by atoms with Gasteiger partial charge in [0.25, 0.3) is 0 Å². The number of amides is 2. The van der Waals surface area contributed by atoms with Gasteiger partial charge in [0, 0.05) is 29.9 Å². The molecule has 4 rings (SSSR count). The number of nitrogens with one attached hydrogen (secondary N) is 1. The number of thioether (sulfide) groups is 1. The Kier molecular flexibility index (Phi) is 5.88. The SMILES string of the molecule is COc1ccc2cc(CN(C)C(=O)CC3Sc4ccc(Cl)cc4NC3=O)ccc2c1. The Labute approximate surface area is 184 Å². The second-order valence-electron chi connectivity index (χ2n) is 7.24. The first-order valence-corrected chi connectivity index (χ1v) is 10.8. The van der Waals surface area contributed by atoms with E-state index in [9.17, 15) is 9.59 Å². The molecule has 7 heteroatoms. The molecule has 1 aliphatic heterocycles. The first-order chi connectivity index (χ1) is 14.4. The topological polar surface area (TPSA) is 58.6 Å². The maximum atomic E-state index is 12.8. The van der Waals surface area contributed by atoms with Gasteiger partial charge in [-0.2, -0.15) is 0 Å². The Hall–Kier alpha value is -2.70. The highest BCUT2D eigenvalue weighted by Crippen LogP contribution is 2.38. The highest BCUT2D eigenvalue weighted by atomic mass is 35.5. The van der Waals surface area contributed by atoms with Crippen molar-refractivity contribution in [1.29, 1.82) is 0 Å². The highest BCUT2D eigenvalue weighted by molar-refractivity contribution is 8.01. The summed E-state index contributed by atoms with van der Waals surface area (Å²) < 4.78 is 5.26. The minimum Gasteiger partial charge on any atom is -0.497 e. The van der Waals surface area contributed by atoms with Crippen molar-refractivity contribution in [1.82, 2.24) is 4.90 Å². The molecule has 0 radical (unpaired) electrons. The lowest BCUT2D eigenvalue weighted by Crippen LogP contribution is -2.35. The molecular weight excluding hydrogens is 420 g/mol. The molecule has 0 aromatic heterocycles. The molecule has 5 nitrogen and oxygen atoms in total. The largest absolute Gasteiger partial charge is 0.497 e. The maximum Gasteiger partial charge on any atom is 0.238 e. The molecule has 0 spiro atoms. The van der Waals surface area contributed by atoms with Gasteiger partial charge >= 0.3 is 0 Å². The Bertz CT molecular complexity index is 1130. The summed E-state index contributed by atoms with van der Waals surface area (Å²) in [5, 5.41) is 5.13. The van der Waals surface area contributed by atoms with Crippen LogP contribution in [0.5, 0.6) is 5.75 Å². The monoisotopic (exact) mass is 440 g/mol. The summed E-state index contributed by atoms with van der Waals surface area (Å²) in [6, 6.07) is 17.4. The number of nitrogens with zero attached hydrogens (tertiary/aromatic N) is 1. The van der Waals surface area contributed by atoms with E-state index in [0.29, 0.717) is 17.3 Å². The lowest BCUT2D eigenvalue weighted by Gasteiger charge is -2.26. The van der Waals surface area contributed by atoms with Crippen molar-refractivity contribution in [3.8, 4) is 5.75 Å². The second kappa shape index (κ2) is 8.58. The number of hydrogen-bond donors (Lipinski definition) is 1. The summed E-state index contributed by atoms with van der Waals surface area (Å²) in [5.74, 6) is 0.570. The number of carbonyl (C=O) groups is 2. The maximum absolute atomic E-state index is 12.8. The van der Waals surface area contributed by atoms with Crippen molar-refractivity contribution in [2.75, 3.05) is 19.5 Å². The molecule has 2 amide bonds. The molecular formula is C23H21ClN2O3S. The smallest absolute Gasteiger partial charge is 0.238 e. The number of fused-ring (bicyclic) bond motifs is 2. The van der Waals surface area contributed by atoms with E-state index in [1.165, 1.54) is 11.8 Å². The van der Waals surface area contributed by atoms with Crippen molar-refractivity contribution >= 4 is 51.6 Å². The zero-order valence-electron chi connectivity index (χ0n) is 16.6. The molecule has 30 heavy (non-hydrogen) atoms. The van der Waals surface area contributed by atoms with E-state index in [1.54, 1.807) is 31.2 Å². The van der Waals surface area contributed by atoms with Crippen molar-refractivity contribution in [2.24, 2.45) is 0 Å². The standard InChI is InChI=1S/C23H21ClN2O3S/c1-26(13-14-3-4-16-10-18(29-2)7-5-15(16)9-14)22(27)12-21-23(28)25-19-11-17(24)6-8-20(19)30-21/h3-11,21H,12-13H2,1-2H3,(H,25,28). The van der Waals surface area contributed by atoms with Crippen LogP contribution in [0.4, 0.5) is 5.69 Å². The van der Waals surface area contributed by atoms with E-state index in [0.717, 1.165) is 27.0 Å². The summed E-state index contributed by atoms with van der Waals surface area (Å²) in [5.41, 5.74) is 1.73. The third-order valence-electron chi connectivity index (χ3n) is 5.08. The fraction of sp³-hybridized carbons (Fsp3) is 0.217. The number of anilines is 1. The van der Waals surface area contributed by atoms with Gasteiger partial charge in [0.05, 0.1) is 18.0 Å². The molecule has 1 unspecified atom stereocenters. The van der Waals surface area contributed by atoms with Crippen molar-refractivity contribution in [3.05, 3.63) is 65.2 Å². The molecule has 0 fully saturated rings. The van der Waals surface area contributed by atoms with Gasteiger partial charge < -0.3 is 15.0 Å². The van der Waals surface area contributed by atoms with E-state index in [4.69, 9.17) is 16.3 Å². The first-order valence-electron chi connectivity index (χ1n) is 9.50. The number of benzene rings is 3. The van der Waals surface area contributed by atoms with Gasteiger partial charge in [-0.3, -0.25) is 9.59 Å². The number of hydrogen-bond acceptors (Lipinski definition) is 4. The van der Waals surface area contributed by atoms with Gasteiger partial charge in [-0.25, -0.2) is 0 Å². The van der Waals surface area contributed by atoms with Crippen LogP contribution in [-0.4, -0.2) is 36.1 Å². The molecule has 0 saturated heterocycles. The van der Waals surface area contributed by atoms with Gasteiger partial charge in [-0.15, -0.1) is 11.8 Å². The molecule has 1 N–H and O–H groups in total. The predicted octanol–water partition coefficient (Wildman–Crippen LogP) is 4.96. The van der Waals surface area contributed by atoms with Crippen LogP contribution in [0.25, 0.3) is 10.8 Å². The zero-order chi connectivity index (χ0) is 21.3. The van der Waals surface area contributed by atoms with Crippen LogP contribution in [0.15, 0.2) is 59.5 Å². The number of halogens is 1. The zero-order valence-corrected chi connectivity index (χ0v) is 18.2. The number of ether oxygens (including phenoxy) is 1. The number of carbonyl (C=O) groups excluding carboxylic acids is 2. The molecule has 0 aliphatic carbocycles. The molecule has 3 aromatic carbocycles. The van der Waals surface area contributed by atoms with Gasteiger partial charge in [0.15, 0.2) is 0 Å². The molecule has 0 saturated carbocycles. The van der Waals surface area contributed by atoms with Crippen LogP contribution in [0, 0.1) is 0 Å². The van der Waals surface area contributed by atoms with Gasteiger partial charge in [0.2, 0.25) is 11.8 Å². The third-order valence-corrected chi connectivity index (χ3v) is 6.59. The van der Waals surface area contributed by atoms with E-state index < -0.39 is 5.25 Å². The Morgan fingerprint density at radius 3 is 2.70 bits per heavy atom. The van der Waals surface area contributed by atoms with Crippen LogP contribution in [-0.2, 0) is 16.1 Å². The summed E-state index contributed by atoms with van der Waals surface area (Å²) in [7, 11) is 3.41. The molecule has 3 aromatic rings. The van der Waals surface area contributed by atoms with E-state index in [1.807, 2.05) is 36.4 Å². The van der Waals surface area contributed by atoms with E-state index in [-0.39, 0.29) is 18.2 Å². The van der Waals surface area contributed by atoms with E-state index in [2.05, 4.69) is 11.4 Å². The molecule has 154 valence electrons. The molecule has 1 aliphatic rings. The second-order valence-corrected chi connectivity index (χ2v) is 8.92. The lowest BCUT2D eigenvalue weighted by atomic mass is 10.1. The summed E-state index contributed by atoms with van der Waals surface area (Å²) >= 11 is 7.39. The van der Waals surface area contributed by atoms with E-state index >= 15 is 0 Å². The molecule has 1 atom stereocenters. The minimum atomic E-state index is -0.460. The fourth-order valence-electron chi connectivity index (χ4n) is 3.43. The predicted molar refractivity (Wildman–Crippen MR) is 121 cm³/mol. The first kappa shape index (κ1) is 20.6. The van der Waals surface area contributed by atoms with Gasteiger partial charge in [0.1, 0.15) is 5.75 Å². The lowest BCUT2D eigenvalue weighted by molar-refractivity contribution is -0.131. The third kappa shape index (κ3) is 4.40. The molecule has 1 heterocycles. The van der Waals surface area contributed by atoms with Gasteiger partial charge in [-0.05, 0) is 52.7 Å². The average Bonchev–Trinajstić information content (AvgIpc) is 2.74. The Morgan fingerprint density at radius 2 is 1.90 bits per heavy atom. The average molecular weight is 441 g/mol. The number of methoxy groups -OCH3 is 1. The van der Waals surface area contributed by atoms with Crippen molar-refractivity contribution in [3.63, 3.8) is 0 Å². The summed E-state index contributed by atoms with van der Waals surface area (Å²) in [6.07, 6.45) is 0.139. The number of rotatable bonds is 5. The summed E-state index contributed by atoms with van der Waals surface area (Å²) in [4.78, 5) is 27.8.